The van der Waals surface area contributed by atoms with Gasteiger partial charge in [-0.1, -0.05) is 158 Å². The van der Waals surface area contributed by atoms with E-state index in [1.807, 2.05) is 0 Å². The van der Waals surface area contributed by atoms with Crippen molar-refractivity contribution in [1.29, 1.82) is 0 Å². The molecule has 0 heterocycles. The summed E-state index contributed by atoms with van der Waals surface area (Å²) in [5, 5.41) is 2.70. The smallest absolute Gasteiger partial charge is 0.0112 e. The SMILES string of the molecule is CCCCCCCCCCCCCCCCCC/C=C/c1cccc2ccccc12. The Balaban J connectivity index is 1.37. The lowest BCUT2D eigenvalue weighted by molar-refractivity contribution is 0.530. The van der Waals surface area contributed by atoms with Gasteiger partial charge in [-0.2, -0.15) is 0 Å². The molecule has 0 saturated carbocycles. The summed E-state index contributed by atoms with van der Waals surface area (Å²) in [6, 6.07) is 15.3. The van der Waals surface area contributed by atoms with Crippen LogP contribution < -0.4 is 0 Å². The second-order valence-electron chi connectivity index (χ2n) is 9.06. The molecule has 0 spiro atoms. The van der Waals surface area contributed by atoms with Gasteiger partial charge < -0.3 is 0 Å². The topological polar surface area (TPSA) is 0 Å². The summed E-state index contributed by atoms with van der Waals surface area (Å²) in [6.45, 7) is 2.30. The molecular weight excluding hydrogens is 360 g/mol. The number of fused-ring (bicyclic) bond motifs is 1. The molecule has 2 aromatic carbocycles. The predicted octanol–water partition coefficient (Wildman–Crippen LogP) is 10.5. The van der Waals surface area contributed by atoms with Crippen molar-refractivity contribution in [3.05, 3.63) is 54.1 Å². The van der Waals surface area contributed by atoms with E-state index in [2.05, 4.69) is 61.5 Å². The summed E-state index contributed by atoms with van der Waals surface area (Å²) in [5.41, 5.74) is 1.35. The number of benzene rings is 2. The number of hydrogen-bond acceptors (Lipinski definition) is 0. The third-order valence-electron chi connectivity index (χ3n) is 6.35. The van der Waals surface area contributed by atoms with Crippen molar-refractivity contribution in [2.75, 3.05) is 0 Å². The monoisotopic (exact) mass is 406 g/mol. The van der Waals surface area contributed by atoms with Gasteiger partial charge >= 0.3 is 0 Å². The number of hydrogen-bond donors (Lipinski definition) is 0. The van der Waals surface area contributed by atoms with Crippen molar-refractivity contribution in [3.8, 4) is 0 Å². The molecule has 2 rings (SSSR count). The molecular formula is C30H46. The number of unbranched alkanes of at least 4 members (excludes halogenated alkanes) is 16. The van der Waals surface area contributed by atoms with E-state index in [1.165, 1.54) is 125 Å². The molecule has 0 nitrogen and oxygen atoms in total. The van der Waals surface area contributed by atoms with Crippen LogP contribution in [-0.2, 0) is 0 Å². The third-order valence-corrected chi connectivity index (χ3v) is 6.35. The highest BCUT2D eigenvalue weighted by Gasteiger charge is 1.97. The fourth-order valence-electron chi connectivity index (χ4n) is 4.42. The van der Waals surface area contributed by atoms with Crippen molar-refractivity contribution < 1.29 is 0 Å². The zero-order valence-corrected chi connectivity index (χ0v) is 19.7. The summed E-state index contributed by atoms with van der Waals surface area (Å²) < 4.78 is 0. The van der Waals surface area contributed by atoms with Crippen LogP contribution >= 0.6 is 0 Å². The molecule has 0 fully saturated rings. The lowest BCUT2D eigenvalue weighted by Crippen LogP contribution is -1.83. The largest absolute Gasteiger partial charge is 0.0839 e. The lowest BCUT2D eigenvalue weighted by atomic mass is 10.0. The zero-order chi connectivity index (χ0) is 21.1. The molecule has 0 aliphatic carbocycles. The van der Waals surface area contributed by atoms with Crippen LogP contribution in [0.1, 0.15) is 122 Å². The summed E-state index contributed by atoms with van der Waals surface area (Å²) in [6.07, 6.45) is 28.9. The average Bonchev–Trinajstić information content (AvgIpc) is 2.78. The molecule has 0 unspecified atom stereocenters. The normalized spacial score (nSPS) is 11.6. The third kappa shape index (κ3) is 11.0. The van der Waals surface area contributed by atoms with Gasteiger partial charge in [-0.05, 0) is 29.2 Å². The first-order valence-corrected chi connectivity index (χ1v) is 13.1. The van der Waals surface area contributed by atoms with Gasteiger partial charge in [-0.25, -0.2) is 0 Å². The minimum absolute atomic E-state index is 1.21. The Hall–Kier alpha value is -1.56. The van der Waals surface area contributed by atoms with Gasteiger partial charge in [0.15, 0.2) is 0 Å². The molecule has 0 saturated heterocycles. The Morgan fingerprint density at radius 1 is 0.533 bits per heavy atom. The van der Waals surface area contributed by atoms with E-state index in [0.717, 1.165) is 0 Å². The minimum atomic E-state index is 1.21. The molecule has 0 aromatic heterocycles. The molecule has 0 atom stereocenters. The van der Waals surface area contributed by atoms with Crippen molar-refractivity contribution in [2.45, 2.75) is 116 Å². The van der Waals surface area contributed by atoms with Gasteiger partial charge in [0, 0.05) is 0 Å². The lowest BCUT2D eigenvalue weighted by Gasteiger charge is -2.03. The van der Waals surface area contributed by atoms with E-state index in [0.29, 0.717) is 0 Å². The van der Waals surface area contributed by atoms with E-state index in [-0.39, 0.29) is 0 Å². The van der Waals surface area contributed by atoms with E-state index >= 15 is 0 Å². The van der Waals surface area contributed by atoms with E-state index in [1.54, 1.807) is 0 Å². The van der Waals surface area contributed by atoms with Crippen LogP contribution in [0.25, 0.3) is 16.8 Å². The molecule has 0 aliphatic heterocycles. The molecule has 0 N–H and O–H groups in total. The van der Waals surface area contributed by atoms with Crippen molar-refractivity contribution in [3.63, 3.8) is 0 Å². The van der Waals surface area contributed by atoms with Gasteiger partial charge in [0.1, 0.15) is 0 Å². The first-order chi connectivity index (χ1) is 14.9. The zero-order valence-electron chi connectivity index (χ0n) is 19.7. The summed E-state index contributed by atoms with van der Waals surface area (Å²) in [5.74, 6) is 0. The van der Waals surface area contributed by atoms with Crippen LogP contribution in [0.4, 0.5) is 0 Å². The van der Waals surface area contributed by atoms with Crippen LogP contribution in [0.15, 0.2) is 48.5 Å². The maximum absolute atomic E-state index is 2.37. The first-order valence-electron chi connectivity index (χ1n) is 13.1. The van der Waals surface area contributed by atoms with E-state index in [4.69, 9.17) is 0 Å². The summed E-state index contributed by atoms with van der Waals surface area (Å²) in [7, 11) is 0. The highest BCUT2D eigenvalue weighted by molar-refractivity contribution is 5.90. The Morgan fingerprint density at radius 3 is 1.63 bits per heavy atom. The van der Waals surface area contributed by atoms with Gasteiger partial charge in [-0.15, -0.1) is 0 Å². The van der Waals surface area contributed by atoms with Crippen LogP contribution in [-0.4, -0.2) is 0 Å². The highest BCUT2D eigenvalue weighted by atomic mass is 14.0. The van der Waals surface area contributed by atoms with Crippen LogP contribution in [0.3, 0.4) is 0 Å². The van der Waals surface area contributed by atoms with Gasteiger partial charge in [0.25, 0.3) is 0 Å². The van der Waals surface area contributed by atoms with Crippen molar-refractivity contribution in [1.82, 2.24) is 0 Å². The Bertz CT molecular complexity index is 676. The van der Waals surface area contributed by atoms with Gasteiger partial charge in [0.05, 0.1) is 0 Å². The average molecular weight is 407 g/mol. The standard InChI is InChI=1S/C30H46/c1-2-3-4-5-6-7-8-9-10-11-12-13-14-15-16-17-18-19-23-28-25-22-26-29-24-20-21-27-30(28)29/h19-27H,2-18H2,1H3/b23-19+. The van der Waals surface area contributed by atoms with E-state index < -0.39 is 0 Å². The number of allylic oxidation sites excluding steroid dienone is 1. The molecule has 0 amide bonds. The highest BCUT2D eigenvalue weighted by Crippen LogP contribution is 2.20. The van der Waals surface area contributed by atoms with Gasteiger partial charge in [-0.3, -0.25) is 0 Å². The second kappa shape index (κ2) is 17.2. The molecule has 0 bridgehead atoms. The summed E-state index contributed by atoms with van der Waals surface area (Å²) >= 11 is 0. The fourth-order valence-corrected chi connectivity index (χ4v) is 4.42. The maximum atomic E-state index is 2.37. The second-order valence-corrected chi connectivity index (χ2v) is 9.06. The molecule has 0 radical (unpaired) electrons. The molecule has 0 aliphatic rings. The minimum Gasteiger partial charge on any atom is -0.0839 e. The Labute approximate surface area is 187 Å². The molecule has 30 heavy (non-hydrogen) atoms. The first kappa shape index (κ1) is 24.7. The molecule has 166 valence electrons. The van der Waals surface area contributed by atoms with Crippen molar-refractivity contribution in [2.24, 2.45) is 0 Å². The van der Waals surface area contributed by atoms with Crippen LogP contribution in [0.5, 0.6) is 0 Å². The Kier molecular flexibility index (Phi) is 14.1. The molecule has 2 aromatic rings. The fraction of sp³-hybridized carbons (Fsp3) is 0.600. The Morgan fingerprint density at radius 2 is 1.03 bits per heavy atom. The predicted molar refractivity (Wildman–Crippen MR) is 137 cm³/mol. The maximum Gasteiger partial charge on any atom is -0.0112 e. The molecule has 0 heteroatoms. The van der Waals surface area contributed by atoms with Crippen LogP contribution in [0.2, 0.25) is 0 Å². The van der Waals surface area contributed by atoms with Crippen molar-refractivity contribution >= 4 is 16.8 Å². The van der Waals surface area contributed by atoms with Gasteiger partial charge in [0.2, 0.25) is 0 Å². The quantitative estimate of drug-likeness (QED) is 0.216. The van der Waals surface area contributed by atoms with E-state index in [9.17, 15) is 0 Å². The summed E-state index contributed by atoms with van der Waals surface area (Å²) in [4.78, 5) is 0. The number of rotatable bonds is 18. The van der Waals surface area contributed by atoms with Crippen LogP contribution in [0, 0.1) is 0 Å².